The Labute approximate surface area is 375 Å². The van der Waals surface area contributed by atoms with Gasteiger partial charge in [0.25, 0.3) is 5.91 Å². The highest BCUT2D eigenvalue weighted by Crippen LogP contribution is 2.65. The number of fused-ring (bicyclic) bond motifs is 4. The van der Waals surface area contributed by atoms with E-state index in [2.05, 4.69) is 53.4 Å². The smallest absolute Gasteiger partial charge is 0.338 e. The van der Waals surface area contributed by atoms with Crippen LogP contribution in [0, 0.1) is 37.3 Å². The summed E-state index contributed by atoms with van der Waals surface area (Å²) in [6, 6.07) is 14.7. The number of hydrogen-bond donors (Lipinski definition) is 1. The summed E-state index contributed by atoms with van der Waals surface area (Å²) in [5.41, 5.74) is 4.50. The third-order valence-electron chi connectivity index (χ3n) is 15.2. The number of hydrogen-bond acceptors (Lipinski definition) is 10. The summed E-state index contributed by atoms with van der Waals surface area (Å²) in [6.07, 6.45) is 5.84. The van der Waals surface area contributed by atoms with E-state index >= 15 is 13.6 Å². The second kappa shape index (κ2) is 14.1. The maximum absolute atomic E-state index is 16.2. The van der Waals surface area contributed by atoms with Gasteiger partial charge in [-0.2, -0.15) is 15.4 Å². The number of likely N-dealkylation sites (tertiary alicyclic amines) is 1. The Morgan fingerprint density at radius 2 is 1.71 bits per heavy atom. The van der Waals surface area contributed by atoms with Crippen molar-refractivity contribution in [1.29, 1.82) is 0 Å². The van der Waals surface area contributed by atoms with Gasteiger partial charge in [0, 0.05) is 80.2 Å². The van der Waals surface area contributed by atoms with Crippen LogP contribution in [0.15, 0.2) is 71.9 Å². The van der Waals surface area contributed by atoms with Crippen LogP contribution in [0.25, 0.3) is 39.0 Å². The van der Waals surface area contributed by atoms with Gasteiger partial charge in [0.2, 0.25) is 5.82 Å². The van der Waals surface area contributed by atoms with Crippen molar-refractivity contribution in [3.63, 3.8) is 0 Å². The number of nitrogens with zero attached hydrogens (tertiary/aromatic N) is 12. The molecular weight excluding hydrogens is 849 g/mol. The lowest BCUT2D eigenvalue weighted by molar-refractivity contribution is -0.0629. The van der Waals surface area contributed by atoms with E-state index in [1.165, 1.54) is 21.5 Å². The molecule has 8 aromatic rings. The Bertz CT molecular complexity index is 3340. The predicted octanol–water partition coefficient (Wildman–Crippen LogP) is 4.99. The van der Waals surface area contributed by atoms with Crippen LogP contribution in [0.5, 0.6) is 0 Å². The molecule has 0 bridgehead atoms. The number of carbonyl (C=O) groups is 1. The van der Waals surface area contributed by atoms with Gasteiger partial charge in [0.1, 0.15) is 22.9 Å². The molecule has 2 unspecified atom stereocenters. The topological polar surface area (TPSA) is 164 Å². The van der Waals surface area contributed by atoms with Gasteiger partial charge in [0.05, 0.1) is 72.2 Å². The fourth-order valence-corrected chi connectivity index (χ4v) is 11.6. The first-order chi connectivity index (χ1) is 32.0. The van der Waals surface area contributed by atoms with E-state index in [1.54, 1.807) is 60.7 Å². The summed E-state index contributed by atoms with van der Waals surface area (Å²) in [5, 5.41) is 26.5. The Hall–Kier alpha value is -6.83. The first-order valence-corrected chi connectivity index (χ1v) is 22.5. The van der Waals surface area contributed by atoms with Gasteiger partial charge in [-0.3, -0.25) is 23.5 Å². The van der Waals surface area contributed by atoms with Crippen LogP contribution in [0.2, 0.25) is 0 Å². The molecule has 4 fully saturated rings. The molecule has 0 spiro atoms. The van der Waals surface area contributed by atoms with E-state index in [0.717, 1.165) is 36.0 Å². The van der Waals surface area contributed by atoms with Gasteiger partial charge in [-0.1, -0.05) is 11.3 Å². The predicted molar refractivity (Wildman–Crippen MR) is 235 cm³/mol. The third kappa shape index (κ3) is 5.38. The number of aryl methyl sites for hydroxylation is 3. The second-order valence-corrected chi connectivity index (χ2v) is 18.6. The zero-order valence-electron chi connectivity index (χ0n) is 36.6. The minimum absolute atomic E-state index is 0.00110. The molecule has 5 aliphatic rings. The maximum Gasteiger partial charge on any atom is 0.338 e. The zero-order chi connectivity index (χ0) is 44.9. The lowest BCUT2D eigenvalue weighted by Gasteiger charge is -2.38. The number of benzene rings is 3. The van der Waals surface area contributed by atoms with Crippen LogP contribution >= 0.6 is 0 Å². The van der Waals surface area contributed by atoms with Crippen molar-refractivity contribution in [3.05, 3.63) is 129 Å². The Morgan fingerprint density at radius 1 is 0.955 bits per heavy atom. The lowest BCUT2D eigenvalue weighted by atomic mass is 9.98. The van der Waals surface area contributed by atoms with Gasteiger partial charge >= 0.3 is 5.69 Å². The van der Waals surface area contributed by atoms with Gasteiger partial charge in [0.15, 0.2) is 5.82 Å². The first-order valence-electron chi connectivity index (χ1n) is 22.5. The molecule has 19 heteroatoms. The number of ether oxygens (including phenoxy) is 2. The number of piperidine rings is 1. The Kier molecular flexibility index (Phi) is 8.44. The quantitative estimate of drug-likeness (QED) is 0.220. The lowest BCUT2D eigenvalue weighted by Crippen LogP contribution is -2.50. The molecule has 1 aliphatic carbocycles. The summed E-state index contributed by atoms with van der Waals surface area (Å²) in [5.74, 6) is 0.0273. The molecule has 1 amide bonds. The maximum atomic E-state index is 16.2. The number of amides is 1. The SMILES string of the molecule is Cc1cc(-n2nc3c(c2-n2ccn(-c4ccc5c(cnn5C)c4F)c2=O)[C@H](C)N(C(=O)c2cc4cc(C5CCO5)ccc4n2C2(c4nn[nH]n4)[C@@H]4CN(C5COC5)C[C@@H]42)CC3)cc(C)c1F. The molecule has 5 aromatic heterocycles. The monoisotopic (exact) mass is 893 g/mol. The number of aromatic amines is 1. The summed E-state index contributed by atoms with van der Waals surface area (Å²) in [6.45, 7) is 9.39. The van der Waals surface area contributed by atoms with Crippen molar-refractivity contribution >= 4 is 27.7 Å². The van der Waals surface area contributed by atoms with Crippen molar-refractivity contribution in [2.45, 2.75) is 57.3 Å². The van der Waals surface area contributed by atoms with Crippen LogP contribution in [-0.2, 0) is 28.5 Å². The molecule has 1 N–H and O–H groups in total. The van der Waals surface area contributed by atoms with Gasteiger partial charge in [-0.05, 0) is 79.9 Å². The van der Waals surface area contributed by atoms with E-state index in [4.69, 9.17) is 14.6 Å². The number of aromatic nitrogens is 11. The standard InChI is InChI=1S/C47H45F2N13O4/c1-24-15-29(16-25(2)41(24)48)62-43(60-13-12-59(46(60)64)37-8-7-36-31(42(37)49)19-50-56(36)4)40-26(3)58(11-9-34(40)53-62)44(63)38-18-28-17-27(39-10-14-66-39)5-6-35(28)61(38)47(45-51-54-55-52-45)32-20-57(21-33(32)47)30-22-65-23-30/h5-8,12-13,15-19,26,30,32-33,39H,9-11,14,20-23H2,1-4H3,(H,51,52,54,55)/t26-,32-,33+,39?,47?/m0/s1. The van der Waals surface area contributed by atoms with Gasteiger partial charge < -0.3 is 18.9 Å². The number of nitrogens with one attached hydrogen (secondary N) is 1. The Morgan fingerprint density at radius 3 is 2.41 bits per heavy atom. The van der Waals surface area contributed by atoms with Gasteiger partial charge in [-0.25, -0.2) is 18.3 Å². The number of carbonyl (C=O) groups excluding carboxylic acids is 1. The average molecular weight is 894 g/mol. The molecule has 13 rings (SSSR count). The molecule has 3 aromatic carbocycles. The molecule has 336 valence electrons. The van der Waals surface area contributed by atoms with Gasteiger partial charge in [-0.15, -0.1) is 10.2 Å². The van der Waals surface area contributed by atoms with Crippen LogP contribution in [0.3, 0.4) is 0 Å². The largest absolute Gasteiger partial charge is 0.378 e. The van der Waals surface area contributed by atoms with Crippen molar-refractivity contribution in [2.24, 2.45) is 18.9 Å². The van der Waals surface area contributed by atoms with E-state index < -0.39 is 23.1 Å². The summed E-state index contributed by atoms with van der Waals surface area (Å²) in [4.78, 5) is 34.8. The van der Waals surface area contributed by atoms with Crippen molar-refractivity contribution in [3.8, 4) is 17.2 Å². The normalized spacial score (nSPS) is 23.9. The van der Waals surface area contributed by atoms with Crippen LogP contribution in [0.1, 0.15) is 69.8 Å². The third-order valence-corrected chi connectivity index (χ3v) is 15.2. The number of imidazole rings is 1. The molecule has 1 saturated carbocycles. The van der Waals surface area contributed by atoms with E-state index in [1.807, 2.05) is 17.9 Å². The molecule has 9 heterocycles. The van der Waals surface area contributed by atoms with E-state index in [0.29, 0.717) is 89.8 Å². The highest BCUT2D eigenvalue weighted by atomic mass is 19.1. The fraction of sp³-hybridized carbons (Fsp3) is 0.383. The summed E-state index contributed by atoms with van der Waals surface area (Å²) >= 11 is 0. The minimum atomic E-state index is -0.738. The number of rotatable bonds is 8. The van der Waals surface area contributed by atoms with Crippen molar-refractivity contribution in [1.82, 2.24) is 63.7 Å². The van der Waals surface area contributed by atoms with Crippen LogP contribution in [-0.4, -0.2) is 115 Å². The number of halogens is 2. The molecule has 66 heavy (non-hydrogen) atoms. The molecule has 17 nitrogen and oxygen atoms in total. The molecule has 4 aliphatic heterocycles. The molecule has 0 radical (unpaired) electrons. The van der Waals surface area contributed by atoms with Crippen molar-refractivity contribution in [2.75, 3.05) is 39.5 Å². The van der Waals surface area contributed by atoms with Crippen molar-refractivity contribution < 1.29 is 23.0 Å². The van der Waals surface area contributed by atoms with Crippen LogP contribution < -0.4 is 5.69 Å². The minimum Gasteiger partial charge on any atom is -0.378 e. The molecule has 5 atom stereocenters. The molecule has 3 saturated heterocycles. The van der Waals surface area contributed by atoms with E-state index in [-0.39, 0.29) is 40.7 Å². The second-order valence-electron chi connectivity index (χ2n) is 18.6. The summed E-state index contributed by atoms with van der Waals surface area (Å²) in [7, 11) is 1.73. The zero-order valence-corrected chi connectivity index (χ0v) is 36.6. The summed E-state index contributed by atoms with van der Waals surface area (Å²) < 4.78 is 50.9. The highest BCUT2D eigenvalue weighted by Gasteiger charge is 2.74. The van der Waals surface area contributed by atoms with Crippen LogP contribution in [0.4, 0.5) is 8.78 Å². The number of H-pyrrole nitrogens is 1. The number of tetrazole rings is 1. The molecular formula is C47H45F2N13O4. The Balaban J connectivity index is 0.955. The first kappa shape index (κ1) is 39.5. The highest BCUT2D eigenvalue weighted by molar-refractivity contribution is 6.00. The average Bonchev–Trinajstić information content (AvgIpc) is 4.06. The van der Waals surface area contributed by atoms with E-state index in [9.17, 15) is 4.79 Å². The fourth-order valence-electron chi connectivity index (χ4n) is 11.6.